The maximum Gasteiger partial charge on any atom is 0.229 e. The van der Waals surface area contributed by atoms with Crippen LogP contribution in [0.25, 0.3) is 0 Å². The van der Waals surface area contributed by atoms with Crippen molar-refractivity contribution in [2.75, 3.05) is 11.3 Å². The number of fused-ring (bicyclic) bond motifs is 2. The standard InChI is InChI=1S/C9H18N2O4S2/c1-16(12,13)6-17(14,15)11-8-2-3-9(11)5-7(10)4-8/h7-9H,2-6,10H2,1H3. The Labute approximate surface area is 102 Å². The lowest BCUT2D eigenvalue weighted by Gasteiger charge is -2.36. The predicted molar refractivity (Wildman–Crippen MR) is 64.5 cm³/mol. The van der Waals surface area contributed by atoms with E-state index in [9.17, 15) is 16.8 Å². The number of sulfonamides is 1. The first kappa shape index (κ1) is 13.3. The number of hydrogen-bond donors (Lipinski definition) is 1. The molecule has 8 heteroatoms. The van der Waals surface area contributed by atoms with Gasteiger partial charge in [-0.15, -0.1) is 0 Å². The van der Waals surface area contributed by atoms with Gasteiger partial charge in [-0.3, -0.25) is 0 Å². The first-order valence-electron chi connectivity index (χ1n) is 5.63. The van der Waals surface area contributed by atoms with E-state index < -0.39 is 24.9 Å². The lowest BCUT2D eigenvalue weighted by Crippen LogP contribution is -2.51. The molecule has 2 heterocycles. The SMILES string of the molecule is CS(=O)(=O)CS(=O)(=O)N1C2CCC1CC(N)C2. The minimum Gasteiger partial charge on any atom is -0.328 e. The second-order valence-corrected chi connectivity index (χ2v) is 9.48. The van der Waals surface area contributed by atoms with Gasteiger partial charge in [0.05, 0.1) is 0 Å². The van der Waals surface area contributed by atoms with Gasteiger partial charge in [0.25, 0.3) is 0 Å². The van der Waals surface area contributed by atoms with Crippen molar-refractivity contribution in [2.24, 2.45) is 5.73 Å². The van der Waals surface area contributed by atoms with E-state index >= 15 is 0 Å². The molecule has 2 bridgehead atoms. The summed E-state index contributed by atoms with van der Waals surface area (Å²) < 4.78 is 47.9. The smallest absolute Gasteiger partial charge is 0.229 e. The fourth-order valence-corrected chi connectivity index (χ4v) is 6.90. The van der Waals surface area contributed by atoms with E-state index in [2.05, 4.69) is 0 Å². The summed E-state index contributed by atoms with van der Waals surface area (Å²) in [5, 5.41) is -0.789. The molecular weight excluding hydrogens is 264 g/mol. The average molecular weight is 282 g/mol. The zero-order valence-electron chi connectivity index (χ0n) is 9.74. The molecule has 0 saturated carbocycles. The van der Waals surface area contributed by atoms with E-state index in [4.69, 9.17) is 5.73 Å². The molecule has 2 aliphatic rings. The summed E-state index contributed by atoms with van der Waals surface area (Å²) in [5.74, 6) is 0. The topological polar surface area (TPSA) is 97.5 Å². The van der Waals surface area contributed by atoms with Crippen molar-refractivity contribution in [3.05, 3.63) is 0 Å². The van der Waals surface area contributed by atoms with Crippen molar-refractivity contribution in [1.82, 2.24) is 4.31 Å². The van der Waals surface area contributed by atoms with E-state index in [0.717, 1.165) is 19.1 Å². The van der Waals surface area contributed by atoms with Gasteiger partial charge in [0.15, 0.2) is 14.9 Å². The second-order valence-electron chi connectivity index (χ2n) is 5.10. The van der Waals surface area contributed by atoms with E-state index in [1.807, 2.05) is 0 Å². The normalized spacial score (nSPS) is 35.1. The summed E-state index contributed by atoms with van der Waals surface area (Å²) in [6.45, 7) is 0. The van der Waals surface area contributed by atoms with Gasteiger partial charge >= 0.3 is 0 Å². The highest BCUT2D eigenvalue weighted by atomic mass is 32.3. The quantitative estimate of drug-likeness (QED) is 0.736. The zero-order chi connectivity index (χ0) is 12.8. The molecule has 17 heavy (non-hydrogen) atoms. The van der Waals surface area contributed by atoms with Gasteiger partial charge in [-0.2, -0.15) is 4.31 Å². The van der Waals surface area contributed by atoms with Crippen LogP contribution in [-0.2, 0) is 19.9 Å². The lowest BCUT2D eigenvalue weighted by molar-refractivity contribution is 0.228. The van der Waals surface area contributed by atoms with Crippen LogP contribution in [0.5, 0.6) is 0 Å². The molecule has 6 nitrogen and oxygen atoms in total. The maximum absolute atomic E-state index is 12.1. The van der Waals surface area contributed by atoms with Crippen molar-refractivity contribution in [3.8, 4) is 0 Å². The third-order valence-electron chi connectivity index (χ3n) is 3.39. The summed E-state index contributed by atoms with van der Waals surface area (Å²) in [5.41, 5.74) is 5.85. The molecule has 100 valence electrons. The third kappa shape index (κ3) is 2.81. The van der Waals surface area contributed by atoms with Crippen LogP contribution in [0.1, 0.15) is 25.7 Å². The van der Waals surface area contributed by atoms with Gasteiger partial charge in [-0.25, -0.2) is 16.8 Å². The molecule has 0 aliphatic carbocycles. The van der Waals surface area contributed by atoms with Crippen molar-refractivity contribution >= 4 is 19.9 Å². The van der Waals surface area contributed by atoms with Crippen LogP contribution in [0.4, 0.5) is 0 Å². The van der Waals surface area contributed by atoms with Crippen LogP contribution in [0.15, 0.2) is 0 Å². The molecule has 2 saturated heterocycles. The number of sulfone groups is 1. The van der Waals surface area contributed by atoms with Crippen LogP contribution in [0.3, 0.4) is 0 Å². The van der Waals surface area contributed by atoms with E-state index in [1.165, 1.54) is 4.31 Å². The number of nitrogens with zero attached hydrogens (tertiary/aromatic N) is 1. The van der Waals surface area contributed by atoms with Gasteiger partial charge in [-0.05, 0) is 25.7 Å². The molecular formula is C9H18N2O4S2. The Bertz CT molecular complexity index is 485. The molecule has 2 fully saturated rings. The van der Waals surface area contributed by atoms with Crippen LogP contribution < -0.4 is 5.73 Å². The first-order chi connectivity index (χ1) is 7.69. The Balaban J connectivity index is 2.24. The molecule has 0 aromatic rings. The highest BCUT2D eigenvalue weighted by molar-refractivity contribution is 8.06. The molecule has 0 spiro atoms. The number of hydrogen-bond acceptors (Lipinski definition) is 5. The fourth-order valence-electron chi connectivity index (χ4n) is 2.96. The van der Waals surface area contributed by atoms with Crippen molar-refractivity contribution in [3.63, 3.8) is 0 Å². The van der Waals surface area contributed by atoms with E-state index in [0.29, 0.717) is 12.8 Å². The Kier molecular flexibility index (Phi) is 3.26. The Hall–Kier alpha value is -0.180. The van der Waals surface area contributed by atoms with Crippen LogP contribution in [0.2, 0.25) is 0 Å². The Morgan fingerprint density at radius 3 is 2.00 bits per heavy atom. The van der Waals surface area contributed by atoms with E-state index in [1.54, 1.807) is 0 Å². The van der Waals surface area contributed by atoms with Crippen molar-refractivity contribution in [1.29, 1.82) is 0 Å². The molecule has 0 aromatic carbocycles. The van der Waals surface area contributed by atoms with Gasteiger partial charge in [0, 0.05) is 24.4 Å². The lowest BCUT2D eigenvalue weighted by atomic mass is 10.0. The molecule has 0 radical (unpaired) electrons. The second kappa shape index (κ2) is 4.18. The van der Waals surface area contributed by atoms with Crippen LogP contribution >= 0.6 is 0 Å². The summed E-state index contributed by atoms with van der Waals surface area (Å²) in [6, 6.07) is -0.164. The summed E-state index contributed by atoms with van der Waals surface area (Å²) in [4.78, 5) is 0. The Morgan fingerprint density at radius 1 is 1.12 bits per heavy atom. The number of nitrogens with two attached hydrogens (primary N) is 1. The van der Waals surface area contributed by atoms with Gasteiger partial charge in [0.2, 0.25) is 10.0 Å². The minimum absolute atomic E-state index is 0.0391. The first-order valence-corrected chi connectivity index (χ1v) is 9.30. The summed E-state index contributed by atoms with van der Waals surface area (Å²) in [7, 11) is -7.24. The average Bonchev–Trinajstić information content (AvgIpc) is 2.36. The van der Waals surface area contributed by atoms with Crippen molar-refractivity contribution < 1.29 is 16.8 Å². The molecule has 2 rings (SSSR count). The molecule has 2 unspecified atom stereocenters. The highest BCUT2D eigenvalue weighted by Crippen LogP contribution is 2.37. The molecule has 2 N–H and O–H groups in total. The molecule has 2 atom stereocenters. The summed E-state index contributed by atoms with van der Waals surface area (Å²) >= 11 is 0. The molecule has 0 amide bonds. The number of piperidine rings is 1. The molecule has 2 aliphatic heterocycles. The van der Waals surface area contributed by atoms with E-state index in [-0.39, 0.29) is 18.1 Å². The summed E-state index contributed by atoms with van der Waals surface area (Å²) in [6.07, 6.45) is 3.81. The fraction of sp³-hybridized carbons (Fsp3) is 1.00. The largest absolute Gasteiger partial charge is 0.328 e. The van der Waals surface area contributed by atoms with Gasteiger partial charge in [0.1, 0.15) is 0 Å². The van der Waals surface area contributed by atoms with Crippen LogP contribution in [-0.4, -0.2) is 50.6 Å². The van der Waals surface area contributed by atoms with Crippen LogP contribution in [0, 0.1) is 0 Å². The predicted octanol–water partition coefficient (Wildman–Crippen LogP) is -0.728. The molecule has 0 aromatic heterocycles. The van der Waals surface area contributed by atoms with Crippen molar-refractivity contribution in [2.45, 2.75) is 43.8 Å². The third-order valence-corrected chi connectivity index (χ3v) is 7.53. The Morgan fingerprint density at radius 2 is 1.59 bits per heavy atom. The van der Waals surface area contributed by atoms with Gasteiger partial charge in [-0.1, -0.05) is 0 Å². The maximum atomic E-state index is 12.1. The highest BCUT2D eigenvalue weighted by Gasteiger charge is 2.46. The monoisotopic (exact) mass is 282 g/mol. The van der Waals surface area contributed by atoms with Gasteiger partial charge < -0.3 is 5.73 Å². The minimum atomic E-state index is -3.71. The number of rotatable bonds is 3. The zero-order valence-corrected chi connectivity index (χ0v) is 11.4.